The maximum absolute atomic E-state index is 12.2. The van der Waals surface area contributed by atoms with Crippen molar-refractivity contribution in [3.05, 3.63) is 0 Å². The minimum Gasteiger partial charge on any atom is -0.385 e. The standard InChI is InChI=1S/C13H24N2O2/c1-17-7-6-12(14)13(16)15(8-10-2-3-10)9-11-4-5-11/h10-12H,2-9,14H2,1H3. The second-order valence-corrected chi connectivity index (χ2v) is 5.52. The summed E-state index contributed by atoms with van der Waals surface area (Å²) < 4.78 is 4.98. The van der Waals surface area contributed by atoms with E-state index in [1.807, 2.05) is 4.90 Å². The molecule has 2 aliphatic rings. The van der Waals surface area contributed by atoms with Crippen LogP contribution in [-0.4, -0.2) is 43.7 Å². The van der Waals surface area contributed by atoms with E-state index in [1.54, 1.807) is 7.11 Å². The van der Waals surface area contributed by atoms with Gasteiger partial charge in [0.25, 0.3) is 0 Å². The molecule has 0 aliphatic heterocycles. The molecule has 0 heterocycles. The summed E-state index contributed by atoms with van der Waals surface area (Å²) in [5.41, 5.74) is 5.93. The van der Waals surface area contributed by atoms with Crippen molar-refractivity contribution in [1.82, 2.24) is 4.90 Å². The Bertz CT molecular complexity index is 248. The molecule has 0 bridgehead atoms. The molecule has 2 N–H and O–H groups in total. The van der Waals surface area contributed by atoms with Crippen LogP contribution in [0.25, 0.3) is 0 Å². The summed E-state index contributed by atoms with van der Waals surface area (Å²) in [4.78, 5) is 14.2. The first-order valence-electron chi connectivity index (χ1n) is 6.74. The second-order valence-electron chi connectivity index (χ2n) is 5.52. The molecule has 98 valence electrons. The smallest absolute Gasteiger partial charge is 0.239 e. The Morgan fingerprint density at radius 2 is 1.82 bits per heavy atom. The molecule has 2 rings (SSSR count). The van der Waals surface area contributed by atoms with Gasteiger partial charge in [-0.25, -0.2) is 0 Å². The van der Waals surface area contributed by atoms with Crippen LogP contribution in [0.5, 0.6) is 0 Å². The summed E-state index contributed by atoms with van der Waals surface area (Å²) in [6, 6.07) is -0.382. The fraction of sp³-hybridized carbons (Fsp3) is 0.923. The Labute approximate surface area is 103 Å². The van der Waals surface area contributed by atoms with Crippen molar-refractivity contribution in [2.45, 2.75) is 38.1 Å². The Kier molecular flexibility index (Phi) is 4.40. The Balaban J connectivity index is 1.80. The molecule has 2 aliphatic carbocycles. The Morgan fingerprint density at radius 3 is 2.24 bits per heavy atom. The predicted octanol–water partition coefficient (Wildman–Crippen LogP) is 0.999. The number of hydrogen-bond donors (Lipinski definition) is 1. The quantitative estimate of drug-likeness (QED) is 0.688. The van der Waals surface area contributed by atoms with Gasteiger partial charge in [0.2, 0.25) is 5.91 Å². The van der Waals surface area contributed by atoms with Crippen molar-refractivity contribution in [3.8, 4) is 0 Å². The van der Waals surface area contributed by atoms with E-state index < -0.39 is 0 Å². The van der Waals surface area contributed by atoms with E-state index in [-0.39, 0.29) is 11.9 Å². The molecule has 2 fully saturated rings. The number of carbonyl (C=O) groups excluding carboxylic acids is 1. The van der Waals surface area contributed by atoms with Crippen molar-refractivity contribution >= 4 is 5.91 Å². The van der Waals surface area contributed by atoms with Crippen LogP contribution in [0.3, 0.4) is 0 Å². The molecule has 17 heavy (non-hydrogen) atoms. The van der Waals surface area contributed by atoms with E-state index in [4.69, 9.17) is 10.5 Å². The average molecular weight is 240 g/mol. The molecule has 0 saturated heterocycles. The largest absolute Gasteiger partial charge is 0.385 e. The highest BCUT2D eigenvalue weighted by atomic mass is 16.5. The average Bonchev–Trinajstić information content (AvgIpc) is 3.18. The Morgan fingerprint density at radius 1 is 1.29 bits per heavy atom. The number of methoxy groups -OCH3 is 1. The lowest BCUT2D eigenvalue weighted by molar-refractivity contribution is -0.133. The third-order valence-electron chi connectivity index (χ3n) is 3.61. The minimum absolute atomic E-state index is 0.126. The summed E-state index contributed by atoms with van der Waals surface area (Å²) in [7, 11) is 1.64. The summed E-state index contributed by atoms with van der Waals surface area (Å²) in [5.74, 6) is 1.61. The van der Waals surface area contributed by atoms with E-state index in [9.17, 15) is 4.79 Å². The zero-order valence-electron chi connectivity index (χ0n) is 10.7. The number of carbonyl (C=O) groups is 1. The zero-order valence-corrected chi connectivity index (χ0v) is 10.7. The number of nitrogens with two attached hydrogens (primary N) is 1. The van der Waals surface area contributed by atoms with E-state index >= 15 is 0 Å². The molecular formula is C13H24N2O2. The van der Waals surface area contributed by atoms with Crippen molar-refractivity contribution in [2.24, 2.45) is 17.6 Å². The third kappa shape index (κ3) is 4.28. The fourth-order valence-corrected chi connectivity index (χ4v) is 2.08. The van der Waals surface area contributed by atoms with Crippen LogP contribution in [0.4, 0.5) is 0 Å². The van der Waals surface area contributed by atoms with Crippen molar-refractivity contribution in [3.63, 3.8) is 0 Å². The van der Waals surface area contributed by atoms with Crippen LogP contribution in [0.2, 0.25) is 0 Å². The molecule has 0 radical (unpaired) electrons. The highest BCUT2D eigenvalue weighted by molar-refractivity contribution is 5.81. The molecule has 4 heteroatoms. The summed E-state index contributed by atoms with van der Waals surface area (Å²) in [6.45, 7) is 2.42. The first kappa shape index (κ1) is 12.8. The lowest BCUT2D eigenvalue weighted by atomic mass is 10.2. The van der Waals surface area contributed by atoms with Gasteiger partial charge < -0.3 is 15.4 Å². The van der Waals surface area contributed by atoms with E-state index in [1.165, 1.54) is 25.7 Å². The molecule has 4 nitrogen and oxygen atoms in total. The first-order chi connectivity index (χ1) is 8.20. The zero-order chi connectivity index (χ0) is 12.3. The van der Waals surface area contributed by atoms with Crippen molar-refractivity contribution in [1.29, 1.82) is 0 Å². The van der Waals surface area contributed by atoms with Gasteiger partial charge in [-0.15, -0.1) is 0 Å². The fourth-order valence-electron chi connectivity index (χ4n) is 2.08. The van der Waals surface area contributed by atoms with E-state index in [2.05, 4.69) is 0 Å². The van der Waals surface area contributed by atoms with Crippen LogP contribution in [0, 0.1) is 11.8 Å². The maximum Gasteiger partial charge on any atom is 0.239 e. The third-order valence-corrected chi connectivity index (χ3v) is 3.61. The Hall–Kier alpha value is -0.610. The topological polar surface area (TPSA) is 55.6 Å². The molecule has 2 saturated carbocycles. The van der Waals surface area contributed by atoms with Gasteiger partial charge in [-0.1, -0.05) is 0 Å². The van der Waals surface area contributed by atoms with Crippen molar-refractivity contribution < 1.29 is 9.53 Å². The number of nitrogens with zero attached hydrogens (tertiary/aromatic N) is 1. The highest BCUT2D eigenvalue weighted by Gasteiger charge is 2.32. The molecule has 0 aromatic heterocycles. The van der Waals surface area contributed by atoms with E-state index in [0.29, 0.717) is 13.0 Å². The van der Waals surface area contributed by atoms with Crippen molar-refractivity contribution in [2.75, 3.05) is 26.8 Å². The van der Waals surface area contributed by atoms with Crippen LogP contribution in [-0.2, 0) is 9.53 Å². The monoisotopic (exact) mass is 240 g/mol. The molecule has 0 aromatic rings. The number of hydrogen-bond acceptors (Lipinski definition) is 3. The number of rotatable bonds is 8. The van der Waals surface area contributed by atoms with Gasteiger partial charge in [-0.05, 0) is 43.9 Å². The van der Waals surface area contributed by atoms with Gasteiger partial charge in [0, 0.05) is 26.8 Å². The second kappa shape index (κ2) is 5.83. The lowest BCUT2D eigenvalue weighted by Gasteiger charge is -2.25. The molecule has 0 aromatic carbocycles. The number of amides is 1. The van der Waals surface area contributed by atoms with Gasteiger partial charge in [-0.2, -0.15) is 0 Å². The molecule has 1 amide bonds. The molecule has 1 atom stereocenters. The van der Waals surface area contributed by atoms with Crippen LogP contribution >= 0.6 is 0 Å². The van der Waals surface area contributed by atoms with Crippen LogP contribution in [0.15, 0.2) is 0 Å². The van der Waals surface area contributed by atoms with E-state index in [0.717, 1.165) is 24.9 Å². The predicted molar refractivity (Wildman–Crippen MR) is 66.5 cm³/mol. The summed E-state index contributed by atoms with van der Waals surface area (Å²) in [5, 5.41) is 0. The van der Waals surface area contributed by atoms with Gasteiger partial charge >= 0.3 is 0 Å². The molecule has 0 spiro atoms. The van der Waals surface area contributed by atoms with Gasteiger partial charge in [0.05, 0.1) is 6.04 Å². The van der Waals surface area contributed by atoms with Gasteiger partial charge in [-0.3, -0.25) is 4.79 Å². The molecular weight excluding hydrogens is 216 g/mol. The minimum atomic E-state index is -0.382. The summed E-state index contributed by atoms with van der Waals surface area (Å²) >= 11 is 0. The van der Waals surface area contributed by atoms with Crippen LogP contribution < -0.4 is 5.73 Å². The normalized spacial score (nSPS) is 21.3. The SMILES string of the molecule is COCCC(N)C(=O)N(CC1CC1)CC1CC1. The summed E-state index contributed by atoms with van der Waals surface area (Å²) in [6.07, 6.45) is 5.74. The lowest BCUT2D eigenvalue weighted by Crippen LogP contribution is -2.46. The van der Waals surface area contributed by atoms with Crippen LogP contribution in [0.1, 0.15) is 32.1 Å². The van der Waals surface area contributed by atoms with Gasteiger partial charge in [0.15, 0.2) is 0 Å². The number of ether oxygens (including phenoxy) is 1. The first-order valence-corrected chi connectivity index (χ1v) is 6.74. The highest BCUT2D eigenvalue weighted by Crippen LogP contribution is 2.33. The molecule has 1 unspecified atom stereocenters. The van der Waals surface area contributed by atoms with Gasteiger partial charge in [0.1, 0.15) is 0 Å². The maximum atomic E-state index is 12.2.